The number of aromatic nitrogens is 2. The van der Waals surface area contributed by atoms with Crippen LogP contribution in [0.4, 0.5) is 0 Å². The number of nitrogens with zero attached hydrogens (tertiary/aromatic N) is 4. The predicted octanol–water partition coefficient (Wildman–Crippen LogP) is 1.01. The van der Waals surface area contributed by atoms with Crippen LogP contribution in [0.5, 0.6) is 0 Å². The molecule has 1 amide bonds. The van der Waals surface area contributed by atoms with E-state index < -0.39 is 0 Å². The van der Waals surface area contributed by atoms with Crippen LogP contribution in [0, 0.1) is 11.8 Å². The zero-order valence-electron chi connectivity index (χ0n) is 16.9. The molecule has 2 aliphatic heterocycles. The fraction of sp³-hybridized carbons (Fsp3) is 0.800. The van der Waals surface area contributed by atoms with Crippen molar-refractivity contribution in [3.63, 3.8) is 0 Å². The zero-order chi connectivity index (χ0) is 19.4. The lowest BCUT2D eigenvalue weighted by Crippen LogP contribution is -2.48. The molecule has 7 nitrogen and oxygen atoms in total. The summed E-state index contributed by atoms with van der Waals surface area (Å²) in [6.07, 6.45) is 5.57. The molecule has 0 spiro atoms. The van der Waals surface area contributed by atoms with Crippen LogP contribution in [-0.4, -0.2) is 81.9 Å². The zero-order valence-corrected chi connectivity index (χ0v) is 16.9. The van der Waals surface area contributed by atoms with Gasteiger partial charge in [-0.3, -0.25) is 9.69 Å². The van der Waals surface area contributed by atoms with Crippen LogP contribution in [0.25, 0.3) is 0 Å². The summed E-state index contributed by atoms with van der Waals surface area (Å²) in [5, 5.41) is 9.82. The number of hydrogen-bond donors (Lipinski definition) is 1. The highest BCUT2D eigenvalue weighted by Gasteiger charge is 2.36. The molecule has 7 heteroatoms. The van der Waals surface area contributed by atoms with Gasteiger partial charge in [0.2, 0.25) is 5.91 Å². The minimum absolute atomic E-state index is 0.144. The van der Waals surface area contributed by atoms with E-state index in [1.165, 1.54) is 0 Å². The summed E-state index contributed by atoms with van der Waals surface area (Å²) in [6.45, 7) is 11.3. The lowest BCUT2D eigenvalue weighted by Gasteiger charge is -2.37. The van der Waals surface area contributed by atoms with Crippen LogP contribution < -0.4 is 0 Å². The number of carbonyl (C=O) groups excluding carboxylic acids is 1. The van der Waals surface area contributed by atoms with Crippen molar-refractivity contribution in [2.24, 2.45) is 11.8 Å². The Morgan fingerprint density at radius 1 is 1.22 bits per heavy atom. The smallest absolute Gasteiger partial charge is 0.224 e. The molecule has 1 aromatic rings. The van der Waals surface area contributed by atoms with Crippen LogP contribution in [-0.2, 0) is 22.5 Å². The van der Waals surface area contributed by atoms with Gasteiger partial charge in [-0.15, -0.1) is 0 Å². The van der Waals surface area contributed by atoms with E-state index in [1.54, 1.807) is 6.20 Å². The van der Waals surface area contributed by atoms with Crippen molar-refractivity contribution in [3.8, 4) is 0 Å². The maximum absolute atomic E-state index is 12.7. The minimum Gasteiger partial charge on any atom is -0.396 e. The van der Waals surface area contributed by atoms with E-state index >= 15 is 0 Å². The second-order valence-corrected chi connectivity index (χ2v) is 8.12. The lowest BCUT2D eigenvalue weighted by atomic mass is 9.96. The number of imidazole rings is 1. The summed E-state index contributed by atoms with van der Waals surface area (Å²) < 4.78 is 7.88. The van der Waals surface area contributed by atoms with Gasteiger partial charge in [-0.1, -0.05) is 6.92 Å². The first kappa shape index (κ1) is 20.3. The largest absolute Gasteiger partial charge is 0.396 e. The number of hydrogen-bond acceptors (Lipinski definition) is 5. The maximum Gasteiger partial charge on any atom is 0.224 e. The minimum atomic E-state index is 0.144. The van der Waals surface area contributed by atoms with Crippen LogP contribution in [0.2, 0.25) is 0 Å². The molecule has 152 valence electrons. The van der Waals surface area contributed by atoms with Gasteiger partial charge in [0.05, 0.1) is 12.2 Å². The Labute approximate surface area is 162 Å². The molecule has 0 aromatic carbocycles. The Hall–Kier alpha value is -1.44. The van der Waals surface area contributed by atoms with E-state index in [1.807, 2.05) is 11.1 Å². The van der Waals surface area contributed by atoms with Crippen molar-refractivity contribution in [3.05, 3.63) is 18.2 Å². The van der Waals surface area contributed by atoms with Gasteiger partial charge in [0.1, 0.15) is 5.82 Å². The molecular formula is C20H34N4O3. The molecule has 3 heterocycles. The predicted molar refractivity (Wildman–Crippen MR) is 103 cm³/mol. The highest BCUT2D eigenvalue weighted by molar-refractivity contribution is 5.76. The highest BCUT2D eigenvalue weighted by atomic mass is 16.5. The molecule has 0 saturated carbocycles. The second-order valence-electron chi connectivity index (χ2n) is 8.12. The van der Waals surface area contributed by atoms with Crippen molar-refractivity contribution in [2.75, 3.05) is 39.3 Å². The molecule has 0 aliphatic carbocycles. The third kappa shape index (κ3) is 5.09. The Kier molecular flexibility index (Phi) is 6.89. The summed E-state index contributed by atoms with van der Waals surface area (Å²) in [6, 6.07) is 0. The molecule has 3 rings (SSSR count). The number of morpholine rings is 1. The second kappa shape index (κ2) is 9.17. The number of carbonyl (C=O) groups is 1. The van der Waals surface area contributed by atoms with Crippen LogP contribution >= 0.6 is 0 Å². The molecule has 0 unspecified atom stereocenters. The standard InChI is InChI=1S/C20H34N4O3/c1-4-19-21-6-8-23(19)7-5-20(26)24-12-17(18(13-24)14-25)11-22-9-15(2)27-16(3)10-22/h6,8,15-18,25H,4-5,7,9-14H2,1-3H3/t15-,16+,17-,18-/m0/s1. The number of ether oxygens (including phenoxy) is 1. The van der Waals surface area contributed by atoms with Crippen molar-refractivity contribution in [2.45, 2.75) is 52.4 Å². The molecule has 2 aliphatic rings. The Balaban J connectivity index is 1.52. The first-order chi connectivity index (χ1) is 13.0. The average Bonchev–Trinajstić information content (AvgIpc) is 3.25. The van der Waals surface area contributed by atoms with E-state index in [4.69, 9.17) is 4.74 Å². The van der Waals surface area contributed by atoms with Gasteiger partial charge < -0.3 is 19.3 Å². The van der Waals surface area contributed by atoms with Crippen molar-refractivity contribution in [1.82, 2.24) is 19.4 Å². The fourth-order valence-corrected chi connectivity index (χ4v) is 4.55. The highest BCUT2D eigenvalue weighted by Crippen LogP contribution is 2.26. The molecule has 0 bridgehead atoms. The van der Waals surface area contributed by atoms with Crippen molar-refractivity contribution >= 4 is 5.91 Å². The Morgan fingerprint density at radius 3 is 2.59 bits per heavy atom. The topological polar surface area (TPSA) is 70.8 Å². The summed E-state index contributed by atoms with van der Waals surface area (Å²) in [7, 11) is 0. The molecule has 2 fully saturated rings. The monoisotopic (exact) mass is 378 g/mol. The summed E-state index contributed by atoms with van der Waals surface area (Å²) >= 11 is 0. The molecule has 27 heavy (non-hydrogen) atoms. The average molecular weight is 379 g/mol. The molecular weight excluding hydrogens is 344 g/mol. The summed E-state index contributed by atoms with van der Waals surface area (Å²) in [5.41, 5.74) is 0. The van der Waals surface area contributed by atoms with Gasteiger partial charge in [0, 0.05) is 77.0 Å². The molecule has 2 saturated heterocycles. The van der Waals surface area contributed by atoms with Gasteiger partial charge in [0.25, 0.3) is 0 Å². The van der Waals surface area contributed by atoms with Gasteiger partial charge in [-0.05, 0) is 19.8 Å². The number of rotatable bonds is 7. The Bertz CT molecular complexity index is 610. The number of aliphatic hydroxyl groups is 1. The maximum atomic E-state index is 12.7. The van der Waals surface area contributed by atoms with Crippen LogP contribution in [0.1, 0.15) is 33.0 Å². The molecule has 4 atom stereocenters. The number of likely N-dealkylation sites (tertiary alicyclic amines) is 1. The van der Waals surface area contributed by atoms with E-state index in [0.717, 1.165) is 38.4 Å². The van der Waals surface area contributed by atoms with E-state index in [-0.39, 0.29) is 30.6 Å². The molecule has 0 radical (unpaired) electrons. The van der Waals surface area contributed by atoms with E-state index in [9.17, 15) is 9.90 Å². The van der Waals surface area contributed by atoms with Gasteiger partial charge in [-0.2, -0.15) is 0 Å². The van der Waals surface area contributed by atoms with Crippen LogP contribution in [0.3, 0.4) is 0 Å². The summed E-state index contributed by atoms with van der Waals surface area (Å²) in [4.78, 5) is 21.4. The van der Waals surface area contributed by atoms with Gasteiger partial charge in [0.15, 0.2) is 0 Å². The van der Waals surface area contributed by atoms with Crippen LogP contribution in [0.15, 0.2) is 12.4 Å². The number of aryl methyl sites for hydroxylation is 2. The molecule has 1 N–H and O–H groups in total. The lowest BCUT2D eigenvalue weighted by molar-refractivity contribution is -0.130. The van der Waals surface area contributed by atoms with Gasteiger partial charge in [-0.25, -0.2) is 4.98 Å². The first-order valence-corrected chi connectivity index (χ1v) is 10.3. The van der Waals surface area contributed by atoms with Gasteiger partial charge >= 0.3 is 0 Å². The quantitative estimate of drug-likeness (QED) is 0.767. The third-order valence-corrected chi connectivity index (χ3v) is 5.84. The van der Waals surface area contributed by atoms with E-state index in [2.05, 4.69) is 35.2 Å². The van der Waals surface area contributed by atoms with Crippen molar-refractivity contribution < 1.29 is 14.6 Å². The molecule has 1 aromatic heterocycles. The number of amides is 1. The first-order valence-electron chi connectivity index (χ1n) is 10.3. The fourth-order valence-electron chi connectivity index (χ4n) is 4.55. The SMILES string of the molecule is CCc1nccn1CCC(=O)N1C[C@@H](CO)[C@@H](CN2C[C@@H](C)O[C@@H](C)C2)C1. The summed E-state index contributed by atoms with van der Waals surface area (Å²) in [5.74, 6) is 1.69. The van der Waals surface area contributed by atoms with E-state index in [0.29, 0.717) is 25.4 Å². The third-order valence-electron chi connectivity index (χ3n) is 5.84. The number of aliphatic hydroxyl groups excluding tert-OH is 1. The normalized spacial score (nSPS) is 29.4. The van der Waals surface area contributed by atoms with Crippen molar-refractivity contribution in [1.29, 1.82) is 0 Å². The Morgan fingerprint density at radius 2 is 1.93 bits per heavy atom.